The Labute approximate surface area is 176 Å². The Bertz CT molecular complexity index is 1090. The van der Waals surface area contributed by atoms with E-state index in [4.69, 9.17) is 0 Å². The second-order valence-electron chi connectivity index (χ2n) is 8.17. The molecule has 0 N–H and O–H groups in total. The number of hydrogen-bond acceptors (Lipinski definition) is 3. The highest BCUT2D eigenvalue weighted by molar-refractivity contribution is 5.95. The van der Waals surface area contributed by atoms with Crippen molar-refractivity contribution in [1.29, 1.82) is 0 Å². The van der Waals surface area contributed by atoms with Gasteiger partial charge in [0.25, 0.3) is 5.91 Å². The molecule has 5 rings (SSSR count). The molecule has 1 aromatic heterocycles. The molecule has 6 heteroatoms. The van der Waals surface area contributed by atoms with Gasteiger partial charge in [-0.2, -0.15) is 5.10 Å². The summed E-state index contributed by atoms with van der Waals surface area (Å²) in [5, 5.41) is 6.68. The minimum absolute atomic E-state index is 0.0549. The highest BCUT2D eigenvalue weighted by Crippen LogP contribution is 2.22. The normalized spacial score (nSPS) is 16.5. The van der Waals surface area contributed by atoms with Crippen LogP contribution >= 0.6 is 0 Å². The maximum Gasteiger partial charge on any atom is 0.257 e. The van der Waals surface area contributed by atoms with E-state index in [1.807, 2.05) is 38.7 Å². The first kappa shape index (κ1) is 18.9. The zero-order valence-corrected chi connectivity index (χ0v) is 17.1. The number of hydrogen-bond donors (Lipinski definition) is 0. The van der Waals surface area contributed by atoms with Gasteiger partial charge in [0.15, 0.2) is 0 Å². The van der Waals surface area contributed by atoms with Gasteiger partial charge in [0.2, 0.25) is 5.91 Å². The van der Waals surface area contributed by atoms with Gasteiger partial charge < -0.3 is 9.80 Å². The molecule has 1 saturated heterocycles. The summed E-state index contributed by atoms with van der Waals surface area (Å²) < 4.78 is 1.97. The number of piperazine rings is 1. The second-order valence-corrected chi connectivity index (χ2v) is 8.17. The second kappa shape index (κ2) is 7.94. The third-order valence-electron chi connectivity index (χ3n) is 6.35. The third kappa shape index (κ3) is 3.47. The van der Waals surface area contributed by atoms with Crippen LogP contribution in [0.1, 0.15) is 34.5 Å². The molecule has 2 amide bonds. The summed E-state index contributed by atoms with van der Waals surface area (Å²) in [5.74, 6) is 0.181. The fourth-order valence-electron chi connectivity index (χ4n) is 4.65. The van der Waals surface area contributed by atoms with E-state index in [9.17, 15) is 9.59 Å². The molecule has 2 aromatic carbocycles. The summed E-state index contributed by atoms with van der Waals surface area (Å²) in [6.45, 7) is 3.21. The molecule has 1 fully saturated rings. The van der Waals surface area contributed by atoms with E-state index in [1.165, 1.54) is 0 Å². The standard InChI is InChI=1S/C24H26N4O2/c29-23(16-19-8-5-7-18-6-1-2-9-20(18)19)26-12-14-27(15-13-26)24(30)21-17-25-28-11-4-3-10-22(21)28/h1-2,5-9,17H,3-4,10-16H2. The first-order valence-electron chi connectivity index (χ1n) is 10.8. The Hall–Kier alpha value is -3.15. The largest absolute Gasteiger partial charge is 0.339 e. The molecule has 2 aliphatic heterocycles. The van der Waals surface area contributed by atoms with E-state index in [0.717, 1.165) is 53.4 Å². The predicted octanol–water partition coefficient (Wildman–Crippen LogP) is 2.90. The molecule has 0 radical (unpaired) electrons. The van der Waals surface area contributed by atoms with E-state index in [-0.39, 0.29) is 11.8 Å². The van der Waals surface area contributed by atoms with Crippen molar-refractivity contribution in [2.75, 3.05) is 26.2 Å². The Kier molecular flexibility index (Phi) is 4.99. The molecule has 154 valence electrons. The lowest BCUT2D eigenvalue weighted by Crippen LogP contribution is -2.51. The smallest absolute Gasteiger partial charge is 0.257 e. The number of fused-ring (bicyclic) bond motifs is 2. The van der Waals surface area contributed by atoms with Gasteiger partial charge in [0.1, 0.15) is 0 Å². The number of carbonyl (C=O) groups excluding carboxylic acids is 2. The summed E-state index contributed by atoms with van der Waals surface area (Å²) in [4.78, 5) is 29.7. The Balaban J connectivity index is 1.23. The first-order valence-corrected chi connectivity index (χ1v) is 10.8. The van der Waals surface area contributed by atoms with Crippen LogP contribution in [-0.4, -0.2) is 57.6 Å². The minimum atomic E-state index is 0.0549. The molecule has 2 aliphatic rings. The maximum atomic E-state index is 13.0. The van der Waals surface area contributed by atoms with Crippen LogP contribution < -0.4 is 0 Å². The lowest BCUT2D eigenvalue weighted by Gasteiger charge is -2.35. The van der Waals surface area contributed by atoms with Crippen LogP contribution in [0.2, 0.25) is 0 Å². The zero-order valence-electron chi connectivity index (χ0n) is 17.1. The zero-order chi connectivity index (χ0) is 20.5. The molecule has 0 saturated carbocycles. The van der Waals surface area contributed by atoms with Crippen LogP contribution in [0.25, 0.3) is 10.8 Å². The van der Waals surface area contributed by atoms with Gasteiger partial charge in [-0.05, 0) is 35.6 Å². The molecular weight excluding hydrogens is 376 g/mol. The summed E-state index contributed by atoms with van der Waals surface area (Å²) in [6.07, 6.45) is 5.28. The summed E-state index contributed by atoms with van der Waals surface area (Å²) in [6, 6.07) is 14.3. The lowest BCUT2D eigenvalue weighted by molar-refractivity contribution is -0.131. The van der Waals surface area contributed by atoms with Crippen LogP contribution in [-0.2, 0) is 24.2 Å². The Morgan fingerprint density at radius 3 is 2.50 bits per heavy atom. The molecule has 0 atom stereocenters. The quantitative estimate of drug-likeness (QED) is 0.677. The summed E-state index contributed by atoms with van der Waals surface area (Å²) in [7, 11) is 0. The van der Waals surface area contributed by atoms with Crippen molar-refractivity contribution in [3.63, 3.8) is 0 Å². The predicted molar refractivity (Wildman–Crippen MR) is 115 cm³/mol. The van der Waals surface area contributed by atoms with Crippen molar-refractivity contribution >= 4 is 22.6 Å². The molecule has 0 aliphatic carbocycles. The molecule has 30 heavy (non-hydrogen) atoms. The fraction of sp³-hybridized carbons (Fsp3) is 0.375. The number of amides is 2. The van der Waals surface area contributed by atoms with Crippen molar-refractivity contribution in [2.24, 2.45) is 0 Å². The Morgan fingerprint density at radius 1 is 0.867 bits per heavy atom. The molecular formula is C24H26N4O2. The van der Waals surface area contributed by atoms with Crippen molar-refractivity contribution in [2.45, 2.75) is 32.2 Å². The maximum absolute atomic E-state index is 13.0. The van der Waals surface area contributed by atoms with Crippen molar-refractivity contribution < 1.29 is 9.59 Å². The first-order chi connectivity index (χ1) is 14.7. The molecule has 0 unspecified atom stereocenters. The van der Waals surface area contributed by atoms with Crippen LogP contribution in [0, 0.1) is 0 Å². The number of carbonyl (C=O) groups is 2. The van der Waals surface area contributed by atoms with Crippen molar-refractivity contribution in [3.8, 4) is 0 Å². The fourth-order valence-corrected chi connectivity index (χ4v) is 4.65. The average molecular weight is 402 g/mol. The number of aryl methyl sites for hydroxylation is 1. The van der Waals surface area contributed by atoms with Crippen LogP contribution in [0.15, 0.2) is 48.7 Å². The SMILES string of the molecule is O=C(Cc1cccc2ccccc12)N1CCN(C(=O)c2cnn3c2CCCC3)CC1. The van der Waals surface area contributed by atoms with E-state index in [0.29, 0.717) is 32.6 Å². The molecule has 6 nitrogen and oxygen atoms in total. The monoisotopic (exact) mass is 402 g/mol. The molecule has 3 heterocycles. The van der Waals surface area contributed by atoms with Crippen molar-refractivity contribution in [3.05, 3.63) is 65.5 Å². The van der Waals surface area contributed by atoms with E-state index in [2.05, 4.69) is 23.3 Å². The van der Waals surface area contributed by atoms with E-state index in [1.54, 1.807) is 6.20 Å². The number of rotatable bonds is 3. The van der Waals surface area contributed by atoms with Gasteiger partial charge in [-0.1, -0.05) is 42.5 Å². The highest BCUT2D eigenvalue weighted by Gasteiger charge is 2.28. The van der Waals surface area contributed by atoms with Crippen LogP contribution in [0.5, 0.6) is 0 Å². The minimum Gasteiger partial charge on any atom is -0.339 e. The molecule has 0 spiro atoms. The van der Waals surface area contributed by atoms with Gasteiger partial charge in [-0.25, -0.2) is 0 Å². The van der Waals surface area contributed by atoms with Crippen molar-refractivity contribution in [1.82, 2.24) is 19.6 Å². The number of benzene rings is 2. The van der Waals surface area contributed by atoms with Gasteiger partial charge in [0, 0.05) is 32.7 Å². The van der Waals surface area contributed by atoms with Crippen LogP contribution in [0.3, 0.4) is 0 Å². The molecule has 3 aromatic rings. The van der Waals surface area contributed by atoms with Gasteiger partial charge in [0.05, 0.1) is 23.9 Å². The third-order valence-corrected chi connectivity index (χ3v) is 6.35. The number of nitrogens with zero attached hydrogens (tertiary/aromatic N) is 4. The topological polar surface area (TPSA) is 58.4 Å². The average Bonchev–Trinajstić information content (AvgIpc) is 3.23. The summed E-state index contributed by atoms with van der Waals surface area (Å²) in [5.41, 5.74) is 2.87. The van der Waals surface area contributed by atoms with E-state index < -0.39 is 0 Å². The highest BCUT2D eigenvalue weighted by atomic mass is 16.2. The number of aromatic nitrogens is 2. The van der Waals surface area contributed by atoms with Gasteiger partial charge >= 0.3 is 0 Å². The summed E-state index contributed by atoms with van der Waals surface area (Å²) >= 11 is 0. The Morgan fingerprint density at radius 2 is 1.63 bits per heavy atom. The van der Waals surface area contributed by atoms with E-state index >= 15 is 0 Å². The van der Waals surface area contributed by atoms with Gasteiger partial charge in [-0.3, -0.25) is 14.3 Å². The van der Waals surface area contributed by atoms with Crippen LogP contribution in [0.4, 0.5) is 0 Å². The molecule has 0 bridgehead atoms. The lowest BCUT2D eigenvalue weighted by atomic mass is 10.0. The van der Waals surface area contributed by atoms with Gasteiger partial charge in [-0.15, -0.1) is 0 Å².